The highest BCUT2D eigenvalue weighted by Crippen LogP contribution is 2.34. The Morgan fingerprint density at radius 1 is 1.10 bits per heavy atom. The summed E-state index contributed by atoms with van der Waals surface area (Å²) in [5, 5.41) is 4.33. The van der Waals surface area contributed by atoms with Crippen molar-refractivity contribution in [1.29, 1.82) is 0 Å². The third-order valence-corrected chi connectivity index (χ3v) is 4.18. The molecule has 2 aromatic rings. The molecule has 0 aromatic carbocycles. The maximum absolute atomic E-state index is 4.90. The van der Waals surface area contributed by atoms with Crippen molar-refractivity contribution in [2.45, 2.75) is 46.6 Å². The molecule has 108 valence electrons. The lowest BCUT2D eigenvalue weighted by atomic mass is 9.91. The van der Waals surface area contributed by atoms with E-state index in [1.807, 2.05) is 20.9 Å². The van der Waals surface area contributed by atoms with Crippen molar-refractivity contribution in [1.82, 2.24) is 15.3 Å². The second-order valence-electron chi connectivity index (χ2n) is 6.21. The fourth-order valence-corrected chi connectivity index (χ4v) is 3.57. The van der Waals surface area contributed by atoms with E-state index in [0.29, 0.717) is 0 Å². The normalized spacial score (nSPS) is 11.9. The van der Waals surface area contributed by atoms with E-state index in [1.54, 1.807) is 11.3 Å². The molecule has 0 bridgehead atoms. The molecule has 0 aliphatic heterocycles. The second-order valence-corrected chi connectivity index (χ2v) is 7.29. The molecule has 0 spiro atoms. The number of nitrogens with zero attached hydrogens (tertiary/aromatic N) is 2. The van der Waals surface area contributed by atoms with E-state index in [2.05, 4.69) is 43.2 Å². The third-order valence-electron chi connectivity index (χ3n) is 3.07. The van der Waals surface area contributed by atoms with Crippen LogP contribution in [0.5, 0.6) is 0 Å². The predicted molar refractivity (Wildman–Crippen MR) is 86.3 cm³/mol. The van der Waals surface area contributed by atoms with E-state index < -0.39 is 0 Å². The van der Waals surface area contributed by atoms with Crippen LogP contribution in [0, 0.1) is 13.8 Å². The molecule has 2 heterocycles. The molecule has 0 radical (unpaired) electrons. The van der Waals surface area contributed by atoms with Gasteiger partial charge in [-0.05, 0) is 33.0 Å². The van der Waals surface area contributed by atoms with E-state index in [4.69, 9.17) is 4.98 Å². The number of pyridine rings is 1. The van der Waals surface area contributed by atoms with Gasteiger partial charge >= 0.3 is 0 Å². The van der Waals surface area contributed by atoms with Crippen molar-refractivity contribution < 1.29 is 0 Å². The number of thiazole rings is 1. The van der Waals surface area contributed by atoms with Crippen LogP contribution in [0.4, 0.5) is 0 Å². The van der Waals surface area contributed by atoms with Crippen LogP contribution >= 0.6 is 11.3 Å². The Balaban J connectivity index is 2.52. The van der Waals surface area contributed by atoms with E-state index >= 15 is 0 Å². The zero-order valence-corrected chi connectivity index (χ0v) is 14.0. The van der Waals surface area contributed by atoms with Gasteiger partial charge in [-0.25, -0.2) is 4.98 Å². The van der Waals surface area contributed by atoms with Gasteiger partial charge in [-0.3, -0.25) is 4.98 Å². The van der Waals surface area contributed by atoms with E-state index in [0.717, 1.165) is 22.9 Å². The zero-order valence-electron chi connectivity index (χ0n) is 13.2. The SMILES string of the molecule is CNCc1sc(-c2cc(C)nc(C)c2)nc1C(C)(C)C. The van der Waals surface area contributed by atoms with E-state index in [1.165, 1.54) is 16.1 Å². The van der Waals surface area contributed by atoms with Crippen LogP contribution in [-0.4, -0.2) is 17.0 Å². The highest BCUT2D eigenvalue weighted by molar-refractivity contribution is 7.15. The molecule has 0 aliphatic carbocycles. The Kier molecular flexibility index (Phi) is 4.25. The summed E-state index contributed by atoms with van der Waals surface area (Å²) in [6.45, 7) is 11.6. The number of hydrogen-bond donors (Lipinski definition) is 1. The zero-order chi connectivity index (χ0) is 14.9. The third kappa shape index (κ3) is 3.25. The average molecular weight is 289 g/mol. The van der Waals surface area contributed by atoms with Crippen molar-refractivity contribution in [2.75, 3.05) is 7.05 Å². The Morgan fingerprint density at radius 3 is 2.20 bits per heavy atom. The van der Waals surface area contributed by atoms with Gasteiger partial charge in [0.15, 0.2) is 0 Å². The van der Waals surface area contributed by atoms with Gasteiger partial charge in [-0.1, -0.05) is 20.8 Å². The Morgan fingerprint density at radius 2 is 1.70 bits per heavy atom. The quantitative estimate of drug-likeness (QED) is 0.933. The van der Waals surface area contributed by atoms with Gasteiger partial charge in [0.25, 0.3) is 0 Å². The standard InChI is InChI=1S/C16H23N3S/c1-10-7-12(8-11(2)18-10)15-19-14(16(3,4)5)13(20-15)9-17-6/h7-8,17H,9H2,1-6H3. The van der Waals surface area contributed by atoms with Crippen molar-refractivity contribution in [3.8, 4) is 10.6 Å². The van der Waals surface area contributed by atoms with Gasteiger partial charge in [-0.15, -0.1) is 11.3 Å². The summed E-state index contributed by atoms with van der Waals surface area (Å²) in [5.74, 6) is 0. The van der Waals surface area contributed by atoms with Crippen molar-refractivity contribution >= 4 is 11.3 Å². The van der Waals surface area contributed by atoms with Crippen LogP contribution < -0.4 is 5.32 Å². The topological polar surface area (TPSA) is 37.8 Å². The Bertz CT molecular complexity index is 588. The monoisotopic (exact) mass is 289 g/mol. The summed E-state index contributed by atoms with van der Waals surface area (Å²) in [7, 11) is 1.98. The first-order valence-electron chi connectivity index (χ1n) is 6.91. The van der Waals surface area contributed by atoms with Gasteiger partial charge in [0.05, 0.1) is 5.69 Å². The van der Waals surface area contributed by atoms with Crippen LogP contribution in [0.15, 0.2) is 12.1 Å². The lowest BCUT2D eigenvalue weighted by Crippen LogP contribution is -2.16. The number of aromatic nitrogens is 2. The molecule has 20 heavy (non-hydrogen) atoms. The highest BCUT2D eigenvalue weighted by Gasteiger charge is 2.23. The summed E-state index contributed by atoms with van der Waals surface area (Å²) in [6.07, 6.45) is 0. The van der Waals surface area contributed by atoms with Crippen LogP contribution in [0.2, 0.25) is 0 Å². The summed E-state index contributed by atoms with van der Waals surface area (Å²) in [4.78, 5) is 10.7. The fourth-order valence-electron chi connectivity index (χ4n) is 2.30. The van der Waals surface area contributed by atoms with E-state index in [9.17, 15) is 0 Å². The molecule has 0 saturated carbocycles. The van der Waals surface area contributed by atoms with Crippen LogP contribution in [0.3, 0.4) is 0 Å². The molecular formula is C16H23N3S. The summed E-state index contributed by atoms with van der Waals surface area (Å²) < 4.78 is 0. The fraction of sp³-hybridized carbons (Fsp3) is 0.500. The lowest BCUT2D eigenvalue weighted by Gasteiger charge is -2.17. The Hall–Kier alpha value is -1.26. The van der Waals surface area contributed by atoms with Gasteiger partial charge < -0.3 is 5.32 Å². The summed E-state index contributed by atoms with van der Waals surface area (Å²) in [5.41, 5.74) is 4.52. The lowest BCUT2D eigenvalue weighted by molar-refractivity contribution is 0.563. The molecule has 4 heteroatoms. The molecule has 0 aliphatic rings. The molecule has 0 fully saturated rings. The van der Waals surface area contributed by atoms with Crippen molar-refractivity contribution in [2.24, 2.45) is 0 Å². The minimum Gasteiger partial charge on any atom is -0.315 e. The average Bonchev–Trinajstić information content (AvgIpc) is 2.72. The first-order chi connectivity index (χ1) is 9.31. The minimum atomic E-state index is 0.0675. The molecular weight excluding hydrogens is 266 g/mol. The smallest absolute Gasteiger partial charge is 0.124 e. The second kappa shape index (κ2) is 5.62. The number of aryl methyl sites for hydroxylation is 2. The molecule has 1 N–H and O–H groups in total. The van der Waals surface area contributed by atoms with Gasteiger partial charge in [0.1, 0.15) is 5.01 Å². The molecule has 3 nitrogen and oxygen atoms in total. The first kappa shape index (κ1) is 15.1. The maximum Gasteiger partial charge on any atom is 0.124 e. The molecule has 0 atom stereocenters. The van der Waals surface area contributed by atoms with E-state index in [-0.39, 0.29) is 5.41 Å². The van der Waals surface area contributed by atoms with Crippen LogP contribution in [0.1, 0.15) is 42.7 Å². The molecule has 0 saturated heterocycles. The van der Waals surface area contributed by atoms with Crippen molar-refractivity contribution in [3.63, 3.8) is 0 Å². The van der Waals surface area contributed by atoms with Crippen LogP contribution in [-0.2, 0) is 12.0 Å². The number of hydrogen-bond acceptors (Lipinski definition) is 4. The molecule has 0 amide bonds. The minimum absolute atomic E-state index is 0.0675. The first-order valence-corrected chi connectivity index (χ1v) is 7.73. The van der Waals surface area contributed by atoms with Gasteiger partial charge in [0.2, 0.25) is 0 Å². The molecule has 0 unspecified atom stereocenters. The highest BCUT2D eigenvalue weighted by atomic mass is 32.1. The van der Waals surface area contributed by atoms with Gasteiger partial charge in [-0.2, -0.15) is 0 Å². The largest absolute Gasteiger partial charge is 0.315 e. The number of rotatable bonds is 3. The molecule has 2 rings (SSSR count). The molecule has 2 aromatic heterocycles. The predicted octanol–water partition coefficient (Wildman–Crippen LogP) is 3.84. The van der Waals surface area contributed by atoms with Crippen LogP contribution in [0.25, 0.3) is 10.6 Å². The maximum atomic E-state index is 4.90. The Labute approximate surface area is 125 Å². The van der Waals surface area contributed by atoms with Crippen molar-refractivity contribution in [3.05, 3.63) is 34.1 Å². The van der Waals surface area contributed by atoms with Gasteiger partial charge in [0, 0.05) is 33.8 Å². The number of nitrogens with one attached hydrogen (secondary N) is 1. The summed E-state index contributed by atoms with van der Waals surface area (Å²) >= 11 is 1.78. The summed E-state index contributed by atoms with van der Waals surface area (Å²) in [6, 6.07) is 4.23.